The SMILES string of the molecule is CC(C)OCC1CCC(CN2C(=O)c3ccccc3C2=O)CC1. The van der Waals surface area contributed by atoms with E-state index in [2.05, 4.69) is 13.8 Å². The van der Waals surface area contributed by atoms with Crippen LogP contribution in [-0.4, -0.2) is 36.0 Å². The minimum absolute atomic E-state index is 0.129. The maximum atomic E-state index is 12.4. The van der Waals surface area contributed by atoms with E-state index in [0.29, 0.717) is 29.5 Å². The molecule has 1 aromatic carbocycles. The molecule has 1 saturated carbocycles. The molecule has 3 rings (SSSR count). The summed E-state index contributed by atoms with van der Waals surface area (Å²) in [6.07, 6.45) is 4.67. The third kappa shape index (κ3) is 3.47. The Morgan fingerprint density at radius 2 is 1.52 bits per heavy atom. The molecule has 2 amide bonds. The monoisotopic (exact) mass is 315 g/mol. The van der Waals surface area contributed by atoms with Gasteiger partial charge in [0.25, 0.3) is 11.8 Å². The first-order valence-electron chi connectivity index (χ1n) is 8.63. The van der Waals surface area contributed by atoms with Gasteiger partial charge in [0.1, 0.15) is 0 Å². The van der Waals surface area contributed by atoms with Gasteiger partial charge in [0.05, 0.1) is 17.2 Å². The van der Waals surface area contributed by atoms with Crippen molar-refractivity contribution >= 4 is 11.8 Å². The molecule has 124 valence electrons. The van der Waals surface area contributed by atoms with Crippen LogP contribution in [-0.2, 0) is 4.74 Å². The number of amides is 2. The average Bonchev–Trinajstić information content (AvgIpc) is 2.80. The summed E-state index contributed by atoms with van der Waals surface area (Å²) in [5.74, 6) is 0.787. The van der Waals surface area contributed by atoms with Crippen molar-refractivity contribution in [1.29, 1.82) is 0 Å². The predicted molar refractivity (Wildman–Crippen MR) is 88.3 cm³/mol. The fraction of sp³-hybridized carbons (Fsp3) is 0.579. The van der Waals surface area contributed by atoms with Gasteiger partial charge in [0, 0.05) is 13.2 Å². The number of benzene rings is 1. The molecule has 4 nitrogen and oxygen atoms in total. The second kappa shape index (κ2) is 6.83. The molecule has 1 aliphatic carbocycles. The lowest BCUT2D eigenvalue weighted by molar-refractivity contribution is 0.0332. The van der Waals surface area contributed by atoms with Crippen molar-refractivity contribution in [1.82, 2.24) is 4.90 Å². The Morgan fingerprint density at radius 3 is 2.04 bits per heavy atom. The summed E-state index contributed by atoms with van der Waals surface area (Å²) in [6.45, 7) is 5.52. The van der Waals surface area contributed by atoms with E-state index in [1.54, 1.807) is 12.1 Å². The van der Waals surface area contributed by atoms with Crippen LogP contribution in [0.25, 0.3) is 0 Å². The number of nitrogens with zero attached hydrogens (tertiary/aromatic N) is 1. The fourth-order valence-corrected chi connectivity index (χ4v) is 3.57. The molecule has 0 aromatic heterocycles. The number of hydrogen-bond acceptors (Lipinski definition) is 3. The van der Waals surface area contributed by atoms with E-state index in [9.17, 15) is 9.59 Å². The topological polar surface area (TPSA) is 46.6 Å². The van der Waals surface area contributed by atoms with Crippen LogP contribution >= 0.6 is 0 Å². The first kappa shape index (κ1) is 16.2. The van der Waals surface area contributed by atoms with Gasteiger partial charge in [-0.25, -0.2) is 0 Å². The number of carbonyl (C=O) groups excluding carboxylic acids is 2. The zero-order chi connectivity index (χ0) is 16.4. The number of fused-ring (bicyclic) bond motifs is 1. The Balaban J connectivity index is 1.54. The van der Waals surface area contributed by atoms with Gasteiger partial charge in [0.2, 0.25) is 0 Å². The summed E-state index contributed by atoms with van der Waals surface area (Å²) in [5, 5.41) is 0. The third-order valence-electron chi connectivity index (χ3n) is 4.95. The van der Waals surface area contributed by atoms with Crippen LogP contribution in [0.4, 0.5) is 0 Å². The van der Waals surface area contributed by atoms with Crippen LogP contribution in [0.2, 0.25) is 0 Å². The second-order valence-electron chi connectivity index (χ2n) is 7.04. The molecule has 1 fully saturated rings. The quantitative estimate of drug-likeness (QED) is 0.781. The molecule has 1 aliphatic heterocycles. The normalized spacial score (nSPS) is 24.4. The van der Waals surface area contributed by atoms with Crippen molar-refractivity contribution in [3.05, 3.63) is 35.4 Å². The van der Waals surface area contributed by atoms with E-state index in [-0.39, 0.29) is 17.9 Å². The molecule has 0 spiro atoms. The van der Waals surface area contributed by atoms with Gasteiger partial charge in [-0.15, -0.1) is 0 Å². The average molecular weight is 315 g/mol. The lowest BCUT2D eigenvalue weighted by atomic mass is 9.82. The van der Waals surface area contributed by atoms with Crippen molar-refractivity contribution in [3.8, 4) is 0 Å². The maximum absolute atomic E-state index is 12.4. The first-order valence-corrected chi connectivity index (χ1v) is 8.63. The highest BCUT2D eigenvalue weighted by Crippen LogP contribution is 2.32. The molecule has 0 N–H and O–H groups in total. The lowest BCUT2D eigenvalue weighted by Gasteiger charge is -2.30. The van der Waals surface area contributed by atoms with E-state index in [4.69, 9.17) is 4.74 Å². The van der Waals surface area contributed by atoms with Crippen LogP contribution in [0.3, 0.4) is 0 Å². The first-order chi connectivity index (χ1) is 11.1. The minimum Gasteiger partial charge on any atom is -0.379 e. The molecular formula is C19H25NO3. The number of carbonyl (C=O) groups is 2. The van der Waals surface area contributed by atoms with E-state index < -0.39 is 0 Å². The van der Waals surface area contributed by atoms with E-state index in [1.165, 1.54) is 4.90 Å². The summed E-state index contributed by atoms with van der Waals surface area (Å²) in [7, 11) is 0. The molecule has 2 aliphatic rings. The van der Waals surface area contributed by atoms with Gasteiger partial charge in [-0.3, -0.25) is 14.5 Å². The van der Waals surface area contributed by atoms with E-state index in [0.717, 1.165) is 32.3 Å². The molecular weight excluding hydrogens is 290 g/mol. The molecule has 1 aromatic rings. The fourth-order valence-electron chi connectivity index (χ4n) is 3.57. The van der Waals surface area contributed by atoms with E-state index in [1.807, 2.05) is 12.1 Å². The summed E-state index contributed by atoms with van der Waals surface area (Å²) >= 11 is 0. The Hall–Kier alpha value is -1.68. The highest BCUT2D eigenvalue weighted by molar-refractivity contribution is 6.21. The highest BCUT2D eigenvalue weighted by atomic mass is 16.5. The predicted octanol–water partition coefficient (Wildman–Crippen LogP) is 3.51. The molecule has 4 heteroatoms. The lowest BCUT2D eigenvalue weighted by Crippen LogP contribution is -2.36. The highest BCUT2D eigenvalue weighted by Gasteiger charge is 2.36. The summed E-state index contributed by atoms with van der Waals surface area (Å²) in [6, 6.07) is 7.12. The molecule has 0 radical (unpaired) electrons. The number of rotatable bonds is 5. The van der Waals surface area contributed by atoms with Crippen molar-refractivity contribution < 1.29 is 14.3 Å². The minimum atomic E-state index is -0.129. The molecule has 23 heavy (non-hydrogen) atoms. The summed E-state index contributed by atoms with van der Waals surface area (Å²) in [5.41, 5.74) is 1.10. The largest absolute Gasteiger partial charge is 0.379 e. The van der Waals surface area contributed by atoms with Crippen LogP contribution in [0.15, 0.2) is 24.3 Å². The third-order valence-corrected chi connectivity index (χ3v) is 4.95. The van der Waals surface area contributed by atoms with Gasteiger partial charge < -0.3 is 4.74 Å². The van der Waals surface area contributed by atoms with Crippen molar-refractivity contribution in [2.24, 2.45) is 11.8 Å². The number of imide groups is 1. The Morgan fingerprint density at radius 1 is 1.00 bits per heavy atom. The van der Waals surface area contributed by atoms with E-state index >= 15 is 0 Å². The Kier molecular flexibility index (Phi) is 4.81. The summed E-state index contributed by atoms with van der Waals surface area (Å²) in [4.78, 5) is 26.3. The van der Waals surface area contributed by atoms with Crippen LogP contribution in [0, 0.1) is 11.8 Å². The molecule has 0 unspecified atom stereocenters. The zero-order valence-corrected chi connectivity index (χ0v) is 14.0. The maximum Gasteiger partial charge on any atom is 0.261 e. The molecule has 1 heterocycles. The Labute approximate surface area is 137 Å². The molecule has 0 saturated heterocycles. The van der Waals surface area contributed by atoms with Gasteiger partial charge >= 0.3 is 0 Å². The number of hydrogen-bond donors (Lipinski definition) is 0. The van der Waals surface area contributed by atoms with Gasteiger partial charge in [0.15, 0.2) is 0 Å². The van der Waals surface area contributed by atoms with Gasteiger partial charge in [-0.05, 0) is 63.5 Å². The zero-order valence-electron chi connectivity index (χ0n) is 14.0. The second-order valence-corrected chi connectivity index (χ2v) is 7.04. The van der Waals surface area contributed by atoms with Crippen LogP contribution in [0.1, 0.15) is 60.2 Å². The molecule has 0 bridgehead atoms. The van der Waals surface area contributed by atoms with Crippen molar-refractivity contribution in [2.75, 3.05) is 13.2 Å². The van der Waals surface area contributed by atoms with Crippen molar-refractivity contribution in [2.45, 2.75) is 45.6 Å². The van der Waals surface area contributed by atoms with Crippen molar-refractivity contribution in [3.63, 3.8) is 0 Å². The smallest absolute Gasteiger partial charge is 0.261 e. The number of ether oxygens (including phenoxy) is 1. The summed E-state index contributed by atoms with van der Waals surface area (Å²) < 4.78 is 5.71. The Bertz CT molecular complexity index is 553. The van der Waals surface area contributed by atoms with Gasteiger partial charge in [-0.1, -0.05) is 12.1 Å². The van der Waals surface area contributed by atoms with Gasteiger partial charge in [-0.2, -0.15) is 0 Å². The standard InChI is InChI=1S/C19H25NO3/c1-13(2)23-12-15-9-7-14(8-10-15)11-20-18(21)16-5-3-4-6-17(16)19(20)22/h3-6,13-15H,7-12H2,1-2H3. The van der Waals surface area contributed by atoms with Crippen LogP contribution in [0.5, 0.6) is 0 Å². The van der Waals surface area contributed by atoms with Crippen LogP contribution < -0.4 is 0 Å². The molecule has 0 atom stereocenters.